The molecule has 4 unspecified atom stereocenters. The monoisotopic (exact) mass is 849 g/mol. The standard InChI is InChI=1S/C46H51N5O9S/c52-41-29-60-35-20-16-32(17-21-35)26-37(42(53)47-23-8-22-46(57,58)59)49-43(54)38(25-30-9-3-1-4-10-30)50-44(55)39(51-45(56)40(48-41)28-36-13-7-24-61-36)27-31-14-18-34(19-15-31)33-11-5-2-6-12-33/h1-6,9-21,37-40,57-59H,7-8,22-29H2,(H,47,53)(H,48,52)(H,49,54)(H,50,55)(H,51,56). The quantitative estimate of drug-likeness (QED) is 0.0593. The number of aliphatic hydroxyl groups is 3. The lowest BCUT2D eigenvalue weighted by Crippen LogP contribution is -2.59. The summed E-state index contributed by atoms with van der Waals surface area (Å²) in [5.41, 5.74) is 4.06. The van der Waals surface area contributed by atoms with Crippen molar-refractivity contribution in [3.05, 3.63) is 137 Å². The molecule has 2 bridgehead atoms. The van der Waals surface area contributed by atoms with Crippen LogP contribution < -0.4 is 31.3 Å². The van der Waals surface area contributed by atoms with Crippen molar-refractivity contribution in [3.8, 4) is 16.9 Å². The number of thioether (sulfide) groups is 1. The van der Waals surface area contributed by atoms with Crippen LogP contribution in [0.3, 0.4) is 0 Å². The molecule has 0 aromatic heterocycles. The van der Waals surface area contributed by atoms with Crippen LogP contribution >= 0.6 is 11.8 Å². The van der Waals surface area contributed by atoms with Crippen LogP contribution in [-0.2, 0) is 43.2 Å². The first-order chi connectivity index (χ1) is 29.4. The van der Waals surface area contributed by atoms with Crippen molar-refractivity contribution in [2.75, 3.05) is 18.9 Å². The average Bonchev–Trinajstić information content (AvgIpc) is 3.77. The number of hydrogen-bond donors (Lipinski definition) is 8. The lowest BCUT2D eigenvalue weighted by Gasteiger charge is -2.27. The van der Waals surface area contributed by atoms with Gasteiger partial charge in [0.25, 0.3) is 11.9 Å². The van der Waals surface area contributed by atoms with E-state index in [-0.39, 0.29) is 38.6 Å². The molecule has 14 nitrogen and oxygen atoms in total. The van der Waals surface area contributed by atoms with E-state index in [0.717, 1.165) is 39.3 Å². The molecule has 0 saturated carbocycles. The zero-order valence-corrected chi connectivity index (χ0v) is 34.4. The van der Waals surface area contributed by atoms with Gasteiger partial charge < -0.3 is 46.6 Å². The van der Waals surface area contributed by atoms with Gasteiger partial charge in [-0.2, -0.15) is 0 Å². The Morgan fingerprint density at radius 2 is 1.26 bits per heavy atom. The van der Waals surface area contributed by atoms with Crippen molar-refractivity contribution < 1.29 is 44.0 Å². The molecule has 4 aromatic carbocycles. The largest absolute Gasteiger partial charge is 0.484 e. The summed E-state index contributed by atoms with van der Waals surface area (Å²) in [7, 11) is 0. The van der Waals surface area contributed by atoms with Crippen LogP contribution in [0.25, 0.3) is 11.1 Å². The maximum atomic E-state index is 14.5. The molecular weight excluding hydrogens is 799 g/mol. The molecule has 7 rings (SSSR count). The van der Waals surface area contributed by atoms with E-state index in [0.29, 0.717) is 11.3 Å². The molecule has 0 spiro atoms. The van der Waals surface area contributed by atoms with Crippen molar-refractivity contribution in [1.82, 2.24) is 26.6 Å². The maximum absolute atomic E-state index is 14.5. The number of hydrogen-bond acceptors (Lipinski definition) is 10. The number of nitrogens with one attached hydrogen (secondary N) is 5. The van der Waals surface area contributed by atoms with Crippen LogP contribution in [0.2, 0.25) is 0 Å². The van der Waals surface area contributed by atoms with E-state index >= 15 is 0 Å². The van der Waals surface area contributed by atoms with E-state index in [4.69, 9.17) is 4.74 Å². The zero-order valence-electron chi connectivity index (χ0n) is 33.5. The lowest BCUT2D eigenvalue weighted by atomic mass is 9.99. The lowest BCUT2D eigenvalue weighted by molar-refractivity contribution is -0.314. The van der Waals surface area contributed by atoms with Crippen molar-refractivity contribution in [3.63, 3.8) is 0 Å². The van der Waals surface area contributed by atoms with E-state index in [9.17, 15) is 39.3 Å². The van der Waals surface area contributed by atoms with Crippen molar-refractivity contribution in [2.24, 2.45) is 0 Å². The minimum absolute atomic E-state index is 0.0154. The molecule has 0 saturated heterocycles. The minimum atomic E-state index is -2.90. The van der Waals surface area contributed by atoms with E-state index < -0.39 is 72.7 Å². The first kappa shape index (κ1) is 44.5. The molecule has 4 aromatic rings. The molecular formula is C46H51N5O9S. The second-order valence-corrected chi connectivity index (χ2v) is 16.3. The van der Waals surface area contributed by atoms with Gasteiger partial charge in [0.2, 0.25) is 23.6 Å². The Bertz CT molecular complexity index is 2150. The third kappa shape index (κ3) is 14.0. The van der Waals surface area contributed by atoms with Gasteiger partial charge in [0.1, 0.15) is 29.9 Å². The fourth-order valence-corrected chi connectivity index (χ4v) is 8.04. The molecule has 4 atom stereocenters. The highest BCUT2D eigenvalue weighted by Crippen LogP contribution is 2.29. The number of carbonyl (C=O) groups excluding carboxylic acids is 5. The molecule has 8 N–H and O–H groups in total. The third-order valence-electron chi connectivity index (χ3n) is 10.2. The summed E-state index contributed by atoms with van der Waals surface area (Å²) < 4.78 is 5.77. The van der Waals surface area contributed by atoms with Gasteiger partial charge in [-0.05, 0) is 57.7 Å². The predicted molar refractivity (Wildman–Crippen MR) is 230 cm³/mol. The molecule has 0 aliphatic carbocycles. The fraction of sp³-hybridized carbons (Fsp3) is 0.326. The van der Waals surface area contributed by atoms with Crippen LogP contribution in [0.1, 0.15) is 42.4 Å². The molecule has 0 fully saturated rings. The Hall–Kier alpha value is -6.00. The Balaban J connectivity index is 1.32. The fourth-order valence-electron chi connectivity index (χ4n) is 7.02. The van der Waals surface area contributed by atoms with Gasteiger partial charge in [-0.25, -0.2) is 0 Å². The summed E-state index contributed by atoms with van der Waals surface area (Å²) in [6, 6.07) is 28.4. The Morgan fingerprint density at radius 3 is 1.87 bits per heavy atom. The topological polar surface area (TPSA) is 215 Å². The predicted octanol–water partition coefficient (Wildman–Crippen LogP) is 2.65. The smallest absolute Gasteiger partial charge is 0.275 e. The summed E-state index contributed by atoms with van der Waals surface area (Å²) in [4.78, 5) is 71.0. The second-order valence-electron chi connectivity index (χ2n) is 15.1. The van der Waals surface area contributed by atoms with E-state index in [2.05, 4.69) is 26.6 Å². The summed E-state index contributed by atoms with van der Waals surface area (Å²) in [6.45, 7) is -0.440. The molecule has 0 radical (unpaired) electrons. The average molecular weight is 850 g/mol. The van der Waals surface area contributed by atoms with Gasteiger partial charge in [-0.1, -0.05) is 103 Å². The van der Waals surface area contributed by atoms with Crippen LogP contribution in [0.4, 0.5) is 0 Å². The molecule has 5 amide bonds. The van der Waals surface area contributed by atoms with Gasteiger partial charge in [-0.15, -0.1) is 11.8 Å². The highest BCUT2D eigenvalue weighted by atomic mass is 32.2. The summed E-state index contributed by atoms with van der Waals surface area (Å²) >= 11 is 1.60. The van der Waals surface area contributed by atoms with E-state index in [1.807, 2.05) is 78.9 Å². The van der Waals surface area contributed by atoms with Gasteiger partial charge in [0, 0.05) is 44.4 Å². The minimum Gasteiger partial charge on any atom is -0.484 e. The highest BCUT2D eigenvalue weighted by Gasteiger charge is 2.33. The number of carbonyl (C=O) groups is 5. The van der Waals surface area contributed by atoms with Gasteiger partial charge in [0.05, 0.1) is 0 Å². The van der Waals surface area contributed by atoms with Gasteiger partial charge >= 0.3 is 0 Å². The second kappa shape index (κ2) is 21.5. The molecule has 320 valence electrons. The highest BCUT2D eigenvalue weighted by molar-refractivity contribution is 8.03. The van der Waals surface area contributed by atoms with Crippen molar-refractivity contribution in [1.29, 1.82) is 0 Å². The Kier molecular flexibility index (Phi) is 15.7. The summed E-state index contributed by atoms with van der Waals surface area (Å²) in [5, 5.41) is 42.0. The van der Waals surface area contributed by atoms with E-state index in [1.165, 1.54) is 0 Å². The number of allylic oxidation sites excluding steroid dienone is 1. The van der Waals surface area contributed by atoms with E-state index in [1.54, 1.807) is 48.2 Å². The summed E-state index contributed by atoms with van der Waals surface area (Å²) in [6.07, 6.45) is 2.75. The van der Waals surface area contributed by atoms with Gasteiger partial charge in [0.15, 0.2) is 6.61 Å². The number of fused-ring (bicyclic) bond motifs is 16. The number of amides is 5. The number of rotatable bonds is 12. The SMILES string of the molecule is O=C1COc2ccc(cc2)CC(C(=O)NCCCC(O)(O)O)NC(=O)C(Cc2ccccc2)NC(=O)C(Cc2ccc(-c3ccccc3)cc2)NC(=O)C(CC2=CCCS2)N1. The first-order valence-electron chi connectivity index (χ1n) is 20.3. The van der Waals surface area contributed by atoms with Crippen LogP contribution in [0, 0.1) is 0 Å². The van der Waals surface area contributed by atoms with Crippen LogP contribution in [0.15, 0.2) is 120 Å². The van der Waals surface area contributed by atoms with Crippen molar-refractivity contribution in [2.45, 2.75) is 75.1 Å². The maximum Gasteiger partial charge on any atom is 0.275 e. The third-order valence-corrected chi connectivity index (χ3v) is 11.4. The normalized spacial score (nSPS) is 20.4. The molecule has 3 aliphatic rings. The number of ether oxygens (including phenoxy) is 1. The molecule has 3 aliphatic heterocycles. The van der Waals surface area contributed by atoms with Crippen LogP contribution in [0.5, 0.6) is 5.75 Å². The molecule has 3 heterocycles. The molecule has 61 heavy (non-hydrogen) atoms. The van der Waals surface area contributed by atoms with Crippen molar-refractivity contribution >= 4 is 41.3 Å². The van der Waals surface area contributed by atoms with Crippen LogP contribution in [-0.4, -0.2) is 93.9 Å². The zero-order chi connectivity index (χ0) is 43.2. The molecule has 15 heteroatoms. The number of benzene rings is 4. The first-order valence-corrected chi connectivity index (χ1v) is 21.2. The Morgan fingerprint density at radius 1 is 0.689 bits per heavy atom. The van der Waals surface area contributed by atoms with Gasteiger partial charge in [-0.3, -0.25) is 24.0 Å². The Labute approximate surface area is 358 Å². The summed E-state index contributed by atoms with van der Waals surface area (Å²) in [5.74, 6) is -4.74.